The number of nitrogens with one attached hydrogen (secondary N) is 1. The standard InChI is InChI=1S/C13H24N2OS/c1-13(2,17-3)9-15-8-4-5-11(12(15)16)14-10-6-7-10/h10-11,14H,4-9H2,1-3H3. The third-order valence-electron chi connectivity index (χ3n) is 3.67. The van der Waals surface area contributed by atoms with Gasteiger partial charge >= 0.3 is 0 Å². The Morgan fingerprint density at radius 1 is 1.41 bits per heavy atom. The van der Waals surface area contributed by atoms with Crippen molar-refractivity contribution >= 4 is 17.7 Å². The first-order valence-corrected chi connectivity index (χ1v) is 7.84. The molecule has 0 spiro atoms. The topological polar surface area (TPSA) is 32.3 Å². The number of nitrogens with zero attached hydrogens (tertiary/aromatic N) is 1. The average Bonchev–Trinajstić information content (AvgIpc) is 3.08. The molecule has 3 nitrogen and oxygen atoms in total. The summed E-state index contributed by atoms with van der Waals surface area (Å²) in [6.07, 6.45) is 6.78. The van der Waals surface area contributed by atoms with Crippen LogP contribution in [0, 0.1) is 0 Å². The first-order chi connectivity index (χ1) is 8.02. The molecule has 1 amide bonds. The van der Waals surface area contributed by atoms with E-state index in [0.29, 0.717) is 11.9 Å². The maximum atomic E-state index is 12.3. The first kappa shape index (κ1) is 13.2. The zero-order valence-electron chi connectivity index (χ0n) is 11.2. The van der Waals surface area contributed by atoms with Crippen molar-refractivity contribution < 1.29 is 4.79 Å². The fourth-order valence-corrected chi connectivity index (χ4v) is 2.60. The Bertz CT molecular complexity index is 289. The van der Waals surface area contributed by atoms with E-state index in [1.807, 2.05) is 11.8 Å². The molecule has 1 aliphatic carbocycles. The van der Waals surface area contributed by atoms with Gasteiger partial charge < -0.3 is 10.2 Å². The van der Waals surface area contributed by atoms with Crippen molar-refractivity contribution in [3.05, 3.63) is 0 Å². The molecule has 1 atom stereocenters. The monoisotopic (exact) mass is 256 g/mol. The van der Waals surface area contributed by atoms with Crippen molar-refractivity contribution in [3.8, 4) is 0 Å². The number of carbonyl (C=O) groups excluding carboxylic acids is 1. The lowest BCUT2D eigenvalue weighted by Crippen LogP contribution is -2.53. The molecule has 1 saturated carbocycles. The third kappa shape index (κ3) is 3.62. The van der Waals surface area contributed by atoms with Gasteiger partial charge in [-0.05, 0) is 45.8 Å². The summed E-state index contributed by atoms with van der Waals surface area (Å²) in [5.74, 6) is 0.324. The highest BCUT2D eigenvalue weighted by atomic mass is 32.2. The molecule has 0 radical (unpaired) electrons. The molecular weight excluding hydrogens is 232 g/mol. The van der Waals surface area contributed by atoms with Gasteiger partial charge in [0.15, 0.2) is 0 Å². The van der Waals surface area contributed by atoms with Crippen LogP contribution in [0.5, 0.6) is 0 Å². The van der Waals surface area contributed by atoms with Gasteiger partial charge in [0.2, 0.25) is 5.91 Å². The molecule has 17 heavy (non-hydrogen) atoms. The number of hydrogen-bond donors (Lipinski definition) is 1. The number of piperidine rings is 1. The van der Waals surface area contributed by atoms with Gasteiger partial charge in [-0.1, -0.05) is 0 Å². The van der Waals surface area contributed by atoms with Gasteiger partial charge in [-0.2, -0.15) is 11.8 Å². The fraction of sp³-hybridized carbons (Fsp3) is 0.923. The van der Waals surface area contributed by atoms with Crippen molar-refractivity contribution in [2.75, 3.05) is 19.3 Å². The van der Waals surface area contributed by atoms with Crippen molar-refractivity contribution in [1.29, 1.82) is 0 Å². The average molecular weight is 256 g/mol. The Morgan fingerprint density at radius 3 is 2.71 bits per heavy atom. The van der Waals surface area contributed by atoms with Crippen molar-refractivity contribution in [2.24, 2.45) is 0 Å². The van der Waals surface area contributed by atoms with Crippen LogP contribution in [0.25, 0.3) is 0 Å². The summed E-state index contributed by atoms with van der Waals surface area (Å²) in [4.78, 5) is 14.4. The number of likely N-dealkylation sites (tertiary alicyclic amines) is 1. The number of amides is 1. The molecule has 0 aromatic heterocycles. The van der Waals surface area contributed by atoms with E-state index in [9.17, 15) is 4.79 Å². The highest BCUT2D eigenvalue weighted by molar-refractivity contribution is 7.99. The summed E-state index contributed by atoms with van der Waals surface area (Å²) in [5.41, 5.74) is 0. The highest BCUT2D eigenvalue weighted by Gasteiger charge is 2.35. The highest BCUT2D eigenvalue weighted by Crippen LogP contribution is 2.26. The van der Waals surface area contributed by atoms with Crippen LogP contribution >= 0.6 is 11.8 Å². The first-order valence-electron chi connectivity index (χ1n) is 6.62. The minimum Gasteiger partial charge on any atom is -0.340 e. The second-order valence-electron chi connectivity index (χ2n) is 5.86. The van der Waals surface area contributed by atoms with Crippen LogP contribution in [-0.4, -0.2) is 47.0 Å². The molecule has 2 aliphatic rings. The van der Waals surface area contributed by atoms with Gasteiger partial charge in [-0.15, -0.1) is 0 Å². The summed E-state index contributed by atoms with van der Waals surface area (Å²) < 4.78 is 0.164. The zero-order chi connectivity index (χ0) is 12.5. The van der Waals surface area contributed by atoms with Crippen LogP contribution in [0.15, 0.2) is 0 Å². The maximum Gasteiger partial charge on any atom is 0.239 e. The Labute approximate surface area is 109 Å². The van der Waals surface area contributed by atoms with E-state index in [4.69, 9.17) is 0 Å². The van der Waals surface area contributed by atoms with Crippen LogP contribution in [0.3, 0.4) is 0 Å². The molecule has 1 aliphatic heterocycles. The predicted octanol–water partition coefficient (Wildman–Crippen LogP) is 1.87. The molecule has 1 heterocycles. The van der Waals surface area contributed by atoms with Crippen molar-refractivity contribution in [2.45, 2.75) is 56.4 Å². The molecule has 2 fully saturated rings. The summed E-state index contributed by atoms with van der Waals surface area (Å²) in [5, 5.41) is 3.48. The fourth-order valence-electron chi connectivity index (χ4n) is 2.31. The molecule has 1 saturated heterocycles. The van der Waals surface area contributed by atoms with Gasteiger partial charge in [0.05, 0.1) is 6.04 Å². The van der Waals surface area contributed by atoms with Gasteiger partial charge in [-0.25, -0.2) is 0 Å². The molecule has 4 heteroatoms. The van der Waals surface area contributed by atoms with E-state index >= 15 is 0 Å². The quantitative estimate of drug-likeness (QED) is 0.815. The van der Waals surface area contributed by atoms with E-state index in [1.165, 1.54) is 12.8 Å². The SMILES string of the molecule is CSC(C)(C)CN1CCCC(NC2CC2)C1=O. The Balaban J connectivity index is 1.90. The largest absolute Gasteiger partial charge is 0.340 e. The number of thioether (sulfide) groups is 1. The van der Waals surface area contributed by atoms with Crippen LogP contribution in [0.2, 0.25) is 0 Å². The van der Waals surface area contributed by atoms with E-state index in [2.05, 4.69) is 30.3 Å². The predicted molar refractivity (Wildman–Crippen MR) is 73.4 cm³/mol. The van der Waals surface area contributed by atoms with Crippen molar-refractivity contribution in [1.82, 2.24) is 10.2 Å². The molecule has 1 N–H and O–H groups in total. The van der Waals surface area contributed by atoms with E-state index in [1.54, 1.807) is 0 Å². The smallest absolute Gasteiger partial charge is 0.239 e. The third-order valence-corrected chi connectivity index (χ3v) is 4.90. The van der Waals surface area contributed by atoms with Crippen LogP contribution in [-0.2, 0) is 4.79 Å². The van der Waals surface area contributed by atoms with Crippen LogP contribution in [0.4, 0.5) is 0 Å². The van der Waals surface area contributed by atoms with Gasteiger partial charge in [0.1, 0.15) is 0 Å². The second-order valence-corrected chi connectivity index (χ2v) is 7.37. The molecule has 98 valence electrons. The Kier molecular flexibility index (Phi) is 4.03. The lowest BCUT2D eigenvalue weighted by Gasteiger charge is -2.37. The molecule has 0 bridgehead atoms. The zero-order valence-corrected chi connectivity index (χ0v) is 12.0. The van der Waals surface area contributed by atoms with Crippen LogP contribution in [0.1, 0.15) is 39.5 Å². The summed E-state index contributed by atoms with van der Waals surface area (Å²) >= 11 is 1.84. The molecule has 1 unspecified atom stereocenters. The normalized spacial score (nSPS) is 26.4. The lowest BCUT2D eigenvalue weighted by molar-refractivity contribution is -0.136. The van der Waals surface area contributed by atoms with Gasteiger partial charge in [0, 0.05) is 23.9 Å². The number of carbonyl (C=O) groups is 1. The van der Waals surface area contributed by atoms with E-state index in [0.717, 1.165) is 25.9 Å². The molecule has 2 rings (SSSR count). The second kappa shape index (κ2) is 5.19. The minimum atomic E-state index is 0.0916. The summed E-state index contributed by atoms with van der Waals surface area (Å²) in [7, 11) is 0. The number of rotatable bonds is 5. The van der Waals surface area contributed by atoms with Crippen LogP contribution < -0.4 is 5.32 Å². The Hall–Kier alpha value is -0.220. The number of hydrogen-bond acceptors (Lipinski definition) is 3. The van der Waals surface area contributed by atoms with E-state index < -0.39 is 0 Å². The van der Waals surface area contributed by atoms with Crippen molar-refractivity contribution in [3.63, 3.8) is 0 Å². The lowest BCUT2D eigenvalue weighted by atomic mass is 10.0. The molecule has 0 aromatic carbocycles. The minimum absolute atomic E-state index is 0.0916. The maximum absolute atomic E-state index is 12.3. The summed E-state index contributed by atoms with van der Waals surface area (Å²) in [6, 6.07) is 0.714. The Morgan fingerprint density at radius 2 is 2.12 bits per heavy atom. The van der Waals surface area contributed by atoms with Gasteiger partial charge in [-0.3, -0.25) is 4.79 Å². The van der Waals surface area contributed by atoms with Gasteiger partial charge in [0.25, 0.3) is 0 Å². The molecule has 0 aromatic rings. The van der Waals surface area contributed by atoms with E-state index in [-0.39, 0.29) is 10.8 Å². The molecular formula is C13H24N2OS. The summed E-state index contributed by atoms with van der Waals surface area (Å²) in [6.45, 7) is 6.23.